The molecule has 1 saturated heterocycles. The van der Waals surface area contributed by atoms with E-state index >= 15 is 0 Å². The minimum absolute atomic E-state index is 0.111. The molecule has 98 valence electrons. The Morgan fingerprint density at radius 2 is 2.00 bits per heavy atom. The highest BCUT2D eigenvalue weighted by atomic mass is 16.6. The van der Waals surface area contributed by atoms with Crippen molar-refractivity contribution in [3.8, 4) is 0 Å². The minimum Gasteiger partial charge on any atom is -0.447 e. The van der Waals surface area contributed by atoms with Crippen LogP contribution in [0.3, 0.4) is 0 Å². The summed E-state index contributed by atoms with van der Waals surface area (Å²) in [4.78, 5) is 13.3. The SMILES string of the molecule is CC(C)OC(=O)N1CCC(C)(C(N)=NO)CC1. The standard InChI is InChI=1S/C11H21N3O3/c1-8(2)17-10(15)14-6-4-11(3,5-7-14)9(12)13-16/h8,16H,4-7H2,1-3H3,(H2,12,13). The second kappa shape index (κ2) is 5.25. The molecule has 6 nitrogen and oxygen atoms in total. The maximum Gasteiger partial charge on any atom is 0.410 e. The van der Waals surface area contributed by atoms with Crippen LogP contribution in [0.5, 0.6) is 0 Å². The molecule has 0 aromatic carbocycles. The number of oxime groups is 1. The molecule has 0 aliphatic carbocycles. The van der Waals surface area contributed by atoms with E-state index in [1.54, 1.807) is 4.90 Å². The van der Waals surface area contributed by atoms with Gasteiger partial charge in [0.2, 0.25) is 0 Å². The molecule has 1 aliphatic heterocycles. The highest BCUT2D eigenvalue weighted by Crippen LogP contribution is 2.31. The molecule has 1 rings (SSSR count). The largest absolute Gasteiger partial charge is 0.447 e. The lowest BCUT2D eigenvalue weighted by Gasteiger charge is -2.37. The van der Waals surface area contributed by atoms with E-state index in [9.17, 15) is 4.79 Å². The van der Waals surface area contributed by atoms with E-state index in [4.69, 9.17) is 15.7 Å². The molecule has 1 fully saturated rings. The average Bonchev–Trinajstić information content (AvgIpc) is 2.27. The van der Waals surface area contributed by atoms with Crippen LogP contribution in [0.1, 0.15) is 33.6 Å². The summed E-state index contributed by atoms with van der Waals surface area (Å²) < 4.78 is 5.12. The fraction of sp³-hybridized carbons (Fsp3) is 0.818. The van der Waals surface area contributed by atoms with Crippen molar-refractivity contribution in [2.75, 3.05) is 13.1 Å². The van der Waals surface area contributed by atoms with Crippen LogP contribution in [-0.4, -0.2) is 41.2 Å². The predicted molar refractivity (Wildman–Crippen MR) is 63.9 cm³/mol. The summed E-state index contributed by atoms with van der Waals surface area (Å²) in [6, 6.07) is 0. The lowest BCUT2D eigenvalue weighted by Crippen LogP contribution is -2.47. The van der Waals surface area contributed by atoms with E-state index in [1.165, 1.54) is 0 Å². The van der Waals surface area contributed by atoms with Crippen LogP contribution < -0.4 is 5.73 Å². The highest BCUT2D eigenvalue weighted by molar-refractivity contribution is 5.86. The van der Waals surface area contributed by atoms with E-state index in [0.29, 0.717) is 25.9 Å². The van der Waals surface area contributed by atoms with Crippen molar-refractivity contribution < 1.29 is 14.7 Å². The third kappa shape index (κ3) is 3.25. The number of likely N-dealkylation sites (tertiary alicyclic amines) is 1. The number of nitrogens with zero attached hydrogens (tertiary/aromatic N) is 2. The fourth-order valence-electron chi connectivity index (χ4n) is 1.84. The average molecular weight is 243 g/mol. The third-order valence-corrected chi connectivity index (χ3v) is 3.19. The molecule has 0 atom stereocenters. The number of amidine groups is 1. The number of carbonyl (C=O) groups is 1. The summed E-state index contributed by atoms with van der Waals surface area (Å²) in [5, 5.41) is 11.8. The molecule has 6 heteroatoms. The van der Waals surface area contributed by atoms with Gasteiger partial charge in [0.1, 0.15) is 5.84 Å². The lowest BCUT2D eigenvalue weighted by molar-refractivity contribution is 0.0615. The first-order valence-corrected chi connectivity index (χ1v) is 5.82. The molecule has 0 bridgehead atoms. The first kappa shape index (κ1) is 13.6. The summed E-state index contributed by atoms with van der Waals surface area (Å²) in [6.07, 6.45) is 0.952. The van der Waals surface area contributed by atoms with Gasteiger partial charge in [-0.1, -0.05) is 12.1 Å². The van der Waals surface area contributed by atoms with E-state index in [2.05, 4.69) is 5.16 Å². The van der Waals surface area contributed by atoms with Gasteiger partial charge in [0.15, 0.2) is 0 Å². The molecule has 0 unspecified atom stereocenters. The first-order chi connectivity index (χ1) is 7.89. The highest BCUT2D eigenvalue weighted by Gasteiger charge is 2.36. The van der Waals surface area contributed by atoms with Gasteiger partial charge in [-0.2, -0.15) is 0 Å². The van der Waals surface area contributed by atoms with Crippen LogP contribution in [0.25, 0.3) is 0 Å². The molecule has 0 aromatic rings. The van der Waals surface area contributed by atoms with Crippen LogP contribution in [0.4, 0.5) is 4.79 Å². The van der Waals surface area contributed by atoms with Gasteiger partial charge in [0, 0.05) is 18.5 Å². The quantitative estimate of drug-likeness (QED) is 0.332. The number of amides is 1. The van der Waals surface area contributed by atoms with Crippen molar-refractivity contribution >= 4 is 11.9 Å². The first-order valence-electron chi connectivity index (χ1n) is 5.82. The monoisotopic (exact) mass is 243 g/mol. The summed E-state index contributed by atoms with van der Waals surface area (Å²) in [6.45, 7) is 6.72. The molecule has 3 N–H and O–H groups in total. The molecule has 0 aromatic heterocycles. The molecule has 0 spiro atoms. The molecule has 0 saturated carbocycles. The molecule has 17 heavy (non-hydrogen) atoms. The molecule has 1 heterocycles. The Balaban J connectivity index is 2.54. The number of carbonyl (C=O) groups excluding carboxylic acids is 1. The summed E-state index contributed by atoms with van der Waals surface area (Å²) in [5.41, 5.74) is 5.32. The molecular formula is C11H21N3O3. The van der Waals surface area contributed by atoms with E-state index in [1.807, 2.05) is 20.8 Å². The maximum absolute atomic E-state index is 11.7. The van der Waals surface area contributed by atoms with Crippen LogP contribution >= 0.6 is 0 Å². The second-order valence-electron chi connectivity index (χ2n) is 4.97. The van der Waals surface area contributed by atoms with Gasteiger partial charge in [-0.15, -0.1) is 0 Å². The number of nitrogens with two attached hydrogens (primary N) is 1. The Labute approximate surface area is 101 Å². The summed E-state index contributed by atoms with van der Waals surface area (Å²) in [7, 11) is 0. The zero-order valence-electron chi connectivity index (χ0n) is 10.6. The number of ether oxygens (including phenoxy) is 1. The van der Waals surface area contributed by atoms with Crippen molar-refractivity contribution in [1.29, 1.82) is 0 Å². The topological polar surface area (TPSA) is 88.2 Å². The molecular weight excluding hydrogens is 222 g/mol. The Morgan fingerprint density at radius 1 is 1.47 bits per heavy atom. The second-order valence-corrected chi connectivity index (χ2v) is 4.97. The zero-order chi connectivity index (χ0) is 13.1. The van der Waals surface area contributed by atoms with Gasteiger partial charge in [-0.05, 0) is 26.7 Å². The van der Waals surface area contributed by atoms with E-state index in [-0.39, 0.29) is 23.4 Å². The minimum atomic E-state index is -0.330. The van der Waals surface area contributed by atoms with Crippen molar-refractivity contribution in [1.82, 2.24) is 4.90 Å². The number of hydrogen-bond acceptors (Lipinski definition) is 4. The van der Waals surface area contributed by atoms with Crippen molar-refractivity contribution in [2.24, 2.45) is 16.3 Å². The Bertz CT molecular complexity index is 307. The Morgan fingerprint density at radius 3 is 2.41 bits per heavy atom. The van der Waals surface area contributed by atoms with Gasteiger partial charge in [-0.25, -0.2) is 4.79 Å². The van der Waals surface area contributed by atoms with Crippen LogP contribution in [0.2, 0.25) is 0 Å². The van der Waals surface area contributed by atoms with Gasteiger partial charge < -0.3 is 20.6 Å². The smallest absolute Gasteiger partial charge is 0.410 e. The van der Waals surface area contributed by atoms with Gasteiger partial charge in [0.25, 0.3) is 0 Å². The van der Waals surface area contributed by atoms with Gasteiger partial charge in [0.05, 0.1) is 6.10 Å². The van der Waals surface area contributed by atoms with Gasteiger partial charge >= 0.3 is 6.09 Å². The Hall–Kier alpha value is -1.46. The summed E-state index contributed by atoms with van der Waals surface area (Å²) >= 11 is 0. The van der Waals surface area contributed by atoms with Gasteiger partial charge in [-0.3, -0.25) is 0 Å². The van der Waals surface area contributed by atoms with Crippen LogP contribution in [0, 0.1) is 5.41 Å². The van der Waals surface area contributed by atoms with E-state index in [0.717, 1.165) is 0 Å². The fourth-order valence-corrected chi connectivity index (χ4v) is 1.84. The number of hydrogen-bond donors (Lipinski definition) is 2. The molecule has 1 amide bonds. The summed E-state index contributed by atoms with van der Waals surface area (Å²) in [5.74, 6) is 0.231. The molecule has 1 aliphatic rings. The zero-order valence-corrected chi connectivity index (χ0v) is 10.6. The predicted octanol–water partition coefficient (Wildman–Crippen LogP) is 1.38. The van der Waals surface area contributed by atoms with Crippen molar-refractivity contribution in [2.45, 2.75) is 39.7 Å². The number of rotatable bonds is 2. The van der Waals surface area contributed by atoms with Crippen molar-refractivity contribution in [3.05, 3.63) is 0 Å². The van der Waals surface area contributed by atoms with Crippen LogP contribution in [-0.2, 0) is 4.74 Å². The molecule has 0 radical (unpaired) electrons. The normalized spacial score (nSPS) is 20.5. The number of piperidine rings is 1. The maximum atomic E-state index is 11.7. The Kier molecular flexibility index (Phi) is 4.20. The van der Waals surface area contributed by atoms with E-state index < -0.39 is 0 Å². The lowest BCUT2D eigenvalue weighted by atomic mass is 9.79. The van der Waals surface area contributed by atoms with Crippen molar-refractivity contribution in [3.63, 3.8) is 0 Å². The third-order valence-electron chi connectivity index (χ3n) is 3.19. The van der Waals surface area contributed by atoms with Crippen LogP contribution in [0.15, 0.2) is 5.16 Å².